The maximum absolute atomic E-state index is 13.5. The molecule has 0 spiro atoms. The van der Waals surface area contributed by atoms with Crippen molar-refractivity contribution in [2.45, 2.75) is 23.5 Å². The number of benzene rings is 2. The number of rotatable bonds is 10. The van der Waals surface area contributed by atoms with Gasteiger partial charge >= 0.3 is 0 Å². The first kappa shape index (κ1) is 26.4. The van der Waals surface area contributed by atoms with Gasteiger partial charge in [-0.15, -0.1) is 10.2 Å². The Bertz CT molecular complexity index is 1700. The normalized spacial score (nSPS) is 11.5. The Balaban J connectivity index is 1.44. The molecule has 200 valence electrons. The number of H-pyrrole nitrogens is 1. The fourth-order valence-electron chi connectivity index (χ4n) is 3.97. The van der Waals surface area contributed by atoms with E-state index in [-0.39, 0.29) is 27.9 Å². The van der Waals surface area contributed by atoms with Gasteiger partial charge in [-0.1, -0.05) is 11.3 Å². The molecule has 0 aliphatic carbocycles. The molecule has 0 radical (unpaired) electrons. The van der Waals surface area contributed by atoms with E-state index in [1.807, 2.05) is 0 Å². The van der Waals surface area contributed by atoms with E-state index in [1.165, 1.54) is 35.0 Å². The van der Waals surface area contributed by atoms with Crippen LogP contribution in [-0.2, 0) is 29.1 Å². The summed E-state index contributed by atoms with van der Waals surface area (Å²) in [6.07, 6.45) is 6.68. The Morgan fingerprint density at radius 3 is 2.62 bits per heavy atom. The number of aromatic amines is 1. The molecule has 0 atom stereocenters. The van der Waals surface area contributed by atoms with Crippen LogP contribution in [0.5, 0.6) is 0 Å². The fraction of sp³-hybridized carbons (Fsp3) is 0.192. The largest absolute Gasteiger partial charge is 0.352 e. The van der Waals surface area contributed by atoms with Crippen LogP contribution in [0.2, 0.25) is 0 Å². The molecule has 0 bridgehead atoms. The Hall–Kier alpha value is -4.23. The molecule has 0 saturated carbocycles. The zero-order chi connectivity index (χ0) is 27.4. The summed E-state index contributed by atoms with van der Waals surface area (Å²) in [5, 5.41) is 23.0. The summed E-state index contributed by atoms with van der Waals surface area (Å²) < 4.78 is 41.9. The third-order valence-corrected chi connectivity index (χ3v) is 8.62. The molecule has 0 unspecified atom stereocenters. The molecular weight excluding hydrogens is 541 g/mol. The predicted molar refractivity (Wildman–Crippen MR) is 144 cm³/mol. The molecule has 3 aromatic heterocycles. The lowest BCUT2D eigenvalue weighted by molar-refractivity contribution is 0.0953. The smallest absolute Gasteiger partial charge is 0.251 e. The Kier molecular flexibility index (Phi) is 7.61. The van der Waals surface area contributed by atoms with E-state index >= 15 is 0 Å². The standard InChI is InChI=1S/C26H24FN7O3S2/c1-34-12-10-21(33-34)16-39(36,37)23-9-6-19(24(35)28-11-2-3-17-14-29-30-15-17)13-22(23)26-32-31-25(38-26)18-4-7-20(27)8-5-18/h4-10,12-15H,2-3,11,16H2,1H3,(H,28,35)(H,29,30). The SMILES string of the molecule is Cn1ccc(CS(=O)(=O)c2ccc(C(=O)NCCCc3cn[nH]c3)cc2-c2nnc(-c3ccc(F)cc3)s2)n1. The number of nitrogens with zero attached hydrogens (tertiary/aromatic N) is 5. The molecule has 0 saturated heterocycles. The predicted octanol–water partition coefficient (Wildman–Crippen LogP) is 3.80. The molecular formula is C26H24FN7O3S2. The number of hydrogen-bond donors (Lipinski definition) is 2. The number of halogens is 1. The zero-order valence-corrected chi connectivity index (χ0v) is 22.5. The molecule has 13 heteroatoms. The first-order chi connectivity index (χ1) is 18.8. The maximum atomic E-state index is 13.5. The van der Waals surface area contributed by atoms with Crippen LogP contribution in [0.4, 0.5) is 4.39 Å². The monoisotopic (exact) mass is 565 g/mol. The number of aromatic nitrogens is 6. The third kappa shape index (κ3) is 6.26. The number of sulfone groups is 1. The van der Waals surface area contributed by atoms with Crippen molar-refractivity contribution in [3.05, 3.63) is 89.8 Å². The number of nitrogens with one attached hydrogen (secondary N) is 2. The number of aryl methyl sites for hydroxylation is 2. The Labute approximate surface area is 227 Å². The minimum absolute atomic E-state index is 0.0199. The van der Waals surface area contributed by atoms with Crippen LogP contribution in [-0.4, -0.2) is 51.0 Å². The van der Waals surface area contributed by atoms with Gasteiger partial charge in [0.15, 0.2) is 9.84 Å². The van der Waals surface area contributed by atoms with E-state index < -0.39 is 9.84 Å². The molecule has 5 rings (SSSR count). The highest BCUT2D eigenvalue weighted by atomic mass is 32.2. The summed E-state index contributed by atoms with van der Waals surface area (Å²) in [6.45, 7) is 0.437. The average molecular weight is 566 g/mol. The molecule has 2 aromatic carbocycles. The summed E-state index contributed by atoms with van der Waals surface area (Å²) in [5.74, 6) is -1.03. The lowest BCUT2D eigenvalue weighted by atomic mass is 10.1. The van der Waals surface area contributed by atoms with E-state index in [1.54, 1.807) is 43.8 Å². The van der Waals surface area contributed by atoms with Gasteiger partial charge in [-0.05, 0) is 66.9 Å². The van der Waals surface area contributed by atoms with Gasteiger partial charge in [0.05, 0.1) is 22.5 Å². The fourth-order valence-corrected chi connectivity index (χ4v) is 6.38. The van der Waals surface area contributed by atoms with Crippen LogP contribution in [0, 0.1) is 5.82 Å². The second kappa shape index (κ2) is 11.3. The van der Waals surface area contributed by atoms with E-state index in [0.717, 1.165) is 23.3 Å². The lowest BCUT2D eigenvalue weighted by Gasteiger charge is -2.11. The van der Waals surface area contributed by atoms with E-state index in [4.69, 9.17) is 0 Å². The van der Waals surface area contributed by atoms with E-state index in [2.05, 4.69) is 30.8 Å². The highest BCUT2D eigenvalue weighted by Gasteiger charge is 2.25. The number of carbonyl (C=O) groups excluding carboxylic acids is 1. The van der Waals surface area contributed by atoms with Gasteiger partial charge in [-0.2, -0.15) is 10.2 Å². The molecule has 3 heterocycles. The Morgan fingerprint density at radius 1 is 1.10 bits per heavy atom. The highest BCUT2D eigenvalue weighted by molar-refractivity contribution is 7.90. The molecule has 0 aliphatic heterocycles. The van der Waals surface area contributed by atoms with Crippen molar-refractivity contribution >= 4 is 27.1 Å². The first-order valence-electron chi connectivity index (χ1n) is 12.0. The molecule has 39 heavy (non-hydrogen) atoms. The van der Waals surface area contributed by atoms with Crippen LogP contribution in [0.3, 0.4) is 0 Å². The van der Waals surface area contributed by atoms with Gasteiger partial charge in [0.2, 0.25) is 0 Å². The molecule has 5 aromatic rings. The lowest BCUT2D eigenvalue weighted by Crippen LogP contribution is -2.25. The Morgan fingerprint density at radius 2 is 1.90 bits per heavy atom. The number of hydrogen-bond acceptors (Lipinski definition) is 8. The summed E-state index contributed by atoms with van der Waals surface area (Å²) >= 11 is 1.16. The topological polar surface area (TPSA) is 136 Å². The van der Waals surface area contributed by atoms with Crippen molar-refractivity contribution < 1.29 is 17.6 Å². The summed E-state index contributed by atoms with van der Waals surface area (Å²) in [5.41, 5.74) is 2.64. The molecule has 10 nitrogen and oxygen atoms in total. The van der Waals surface area contributed by atoms with Crippen LogP contribution < -0.4 is 5.32 Å². The average Bonchev–Trinajstić information content (AvgIpc) is 3.69. The van der Waals surface area contributed by atoms with Crippen molar-refractivity contribution in [2.24, 2.45) is 7.05 Å². The van der Waals surface area contributed by atoms with Crippen molar-refractivity contribution in [3.63, 3.8) is 0 Å². The zero-order valence-electron chi connectivity index (χ0n) is 20.8. The quantitative estimate of drug-likeness (QED) is 0.246. The van der Waals surface area contributed by atoms with Gasteiger partial charge in [0.25, 0.3) is 5.91 Å². The second-order valence-corrected chi connectivity index (χ2v) is 11.8. The van der Waals surface area contributed by atoms with Gasteiger partial charge < -0.3 is 5.32 Å². The number of carbonyl (C=O) groups is 1. The van der Waals surface area contributed by atoms with E-state index in [0.29, 0.717) is 39.8 Å². The molecule has 0 fully saturated rings. The van der Waals surface area contributed by atoms with Crippen molar-refractivity contribution in [1.82, 2.24) is 35.5 Å². The maximum Gasteiger partial charge on any atom is 0.251 e. The minimum Gasteiger partial charge on any atom is -0.352 e. The third-order valence-electron chi connectivity index (χ3n) is 5.91. The minimum atomic E-state index is -3.86. The van der Waals surface area contributed by atoms with Crippen LogP contribution in [0.15, 0.2) is 72.0 Å². The highest BCUT2D eigenvalue weighted by Crippen LogP contribution is 2.35. The van der Waals surface area contributed by atoms with Crippen molar-refractivity contribution in [1.29, 1.82) is 0 Å². The van der Waals surface area contributed by atoms with Crippen molar-refractivity contribution in [2.75, 3.05) is 6.54 Å². The van der Waals surface area contributed by atoms with Crippen molar-refractivity contribution in [3.8, 4) is 21.1 Å². The van der Waals surface area contributed by atoms with Gasteiger partial charge in [0, 0.05) is 42.7 Å². The van der Waals surface area contributed by atoms with Crippen LogP contribution in [0.25, 0.3) is 21.1 Å². The van der Waals surface area contributed by atoms with Gasteiger partial charge in [-0.3, -0.25) is 14.6 Å². The second-order valence-electron chi connectivity index (χ2n) is 8.84. The summed E-state index contributed by atoms with van der Waals surface area (Å²) in [7, 11) is -2.14. The van der Waals surface area contributed by atoms with Gasteiger partial charge in [-0.25, -0.2) is 12.8 Å². The van der Waals surface area contributed by atoms with E-state index in [9.17, 15) is 17.6 Å². The summed E-state index contributed by atoms with van der Waals surface area (Å²) in [4.78, 5) is 13.0. The molecule has 0 aliphatic rings. The van der Waals surface area contributed by atoms with Gasteiger partial charge in [0.1, 0.15) is 15.8 Å². The van der Waals surface area contributed by atoms with Crippen LogP contribution >= 0.6 is 11.3 Å². The van der Waals surface area contributed by atoms with Crippen LogP contribution in [0.1, 0.15) is 28.0 Å². The number of amides is 1. The summed E-state index contributed by atoms with van der Waals surface area (Å²) in [6, 6.07) is 11.9. The molecule has 2 N–H and O–H groups in total. The molecule has 1 amide bonds. The first-order valence-corrected chi connectivity index (χ1v) is 14.5.